The summed E-state index contributed by atoms with van der Waals surface area (Å²) in [5, 5.41) is 11.4. The number of nitrogens with one attached hydrogen (secondary N) is 1. The van der Waals surface area contributed by atoms with E-state index in [0.29, 0.717) is 18.7 Å². The Bertz CT molecular complexity index is 469. The second-order valence-corrected chi connectivity index (χ2v) is 3.92. The van der Waals surface area contributed by atoms with Gasteiger partial charge in [0.25, 0.3) is 0 Å². The number of anilines is 1. The van der Waals surface area contributed by atoms with Gasteiger partial charge in [0.05, 0.1) is 6.07 Å². The zero-order valence-corrected chi connectivity index (χ0v) is 9.19. The van der Waals surface area contributed by atoms with E-state index in [2.05, 4.69) is 11.4 Å². The number of benzene rings is 1. The number of likely N-dealkylation sites (tertiary alicyclic amines) is 1. The van der Waals surface area contributed by atoms with Crippen molar-refractivity contribution in [2.45, 2.75) is 18.9 Å². The molecule has 88 valence electrons. The number of halogens is 1. The van der Waals surface area contributed by atoms with Crippen LogP contribution in [0.5, 0.6) is 0 Å². The van der Waals surface area contributed by atoms with Gasteiger partial charge in [0.1, 0.15) is 11.9 Å². The average Bonchev–Trinajstić information content (AvgIpc) is 2.77. The van der Waals surface area contributed by atoms with Crippen LogP contribution in [0.25, 0.3) is 0 Å². The van der Waals surface area contributed by atoms with Gasteiger partial charge < -0.3 is 10.2 Å². The van der Waals surface area contributed by atoms with Crippen LogP contribution < -0.4 is 5.32 Å². The summed E-state index contributed by atoms with van der Waals surface area (Å²) in [6, 6.07) is 7.05. The predicted molar refractivity (Wildman–Crippen MR) is 60.8 cm³/mol. The molecule has 1 heterocycles. The predicted octanol–water partition coefficient (Wildman–Crippen LogP) is 2.35. The lowest BCUT2D eigenvalue weighted by molar-refractivity contribution is 0.215. The van der Waals surface area contributed by atoms with Gasteiger partial charge in [-0.25, -0.2) is 9.18 Å². The molecule has 17 heavy (non-hydrogen) atoms. The van der Waals surface area contributed by atoms with Crippen LogP contribution in [0.4, 0.5) is 14.9 Å². The number of nitrogens with zero attached hydrogens (tertiary/aromatic N) is 2. The van der Waals surface area contributed by atoms with Crippen molar-refractivity contribution in [1.82, 2.24) is 4.90 Å². The lowest BCUT2D eigenvalue weighted by Gasteiger charge is -2.19. The summed E-state index contributed by atoms with van der Waals surface area (Å²) in [6.07, 6.45) is 1.53. The van der Waals surface area contributed by atoms with Gasteiger partial charge >= 0.3 is 6.03 Å². The lowest BCUT2D eigenvalue weighted by atomic mass is 10.2. The molecule has 0 saturated carbocycles. The second-order valence-electron chi connectivity index (χ2n) is 3.92. The van der Waals surface area contributed by atoms with Gasteiger partial charge in [0, 0.05) is 12.2 Å². The third-order valence-corrected chi connectivity index (χ3v) is 2.74. The summed E-state index contributed by atoms with van der Waals surface area (Å²) in [4.78, 5) is 13.3. The standard InChI is InChI=1S/C12H12FN3O/c13-9-3-1-4-10(7-9)15-12(17)16-6-2-5-11(16)8-14/h1,3-4,7,11H,2,5-6H2,(H,15,17). The fourth-order valence-electron chi connectivity index (χ4n) is 1.91. The van der Waals surface area contributed by atoms with Crippen molar-refractivity contribution in [2.75, 3.05) is 11.9 Å². The number of nitriles is 1. The Morgan fingerprint density at radius 2 is 2.41 bits per heavy atom. The maximum absolute atomic E-state index is 12.9. The Kier molecular flexibility index (Phi) is 3.24. The van der Waals surface area contributed by atoms with Crippen molar-refractivity contribution in [3.8, 4) is 6.07 Å². The monoisotopic (exact) mass is 233 g/mol. The lowest BCUT2D eigenvalue weighted by Crippen LogP contribution is -2.37. The molecule has 1 fully saturated rings. The van der Waals surface area contributed by atoms with Crippen LogP contribution in [-0.2, 0) is 0 Å². The van der Waals surface area contributed by atoms with Crippen LogP contribution in [-0.4, -0.2) is 23.5 Å². The SMILES string of the molecule is N#CC1CCCN1C(=O)Nc1cccc(F)c1. The van der Waals surface area contributed by atoms with E-state index >= 15 is 0 Å². The highest BCUT2D eigenvalue weighted by Gasteiger charge is 2.28. The van der Waals surface area contributed by atoms with Gasteiger partial charge in [-0.05, 0) is 31.0 Å². The Hall–Kier alpha value is -2.09. The van der Waals surface area contributed by atoms with Crippen LogP contribution in [0.2, 0.25) is 0 Å². The summed E-state index contributed by atoms with van der Waals surface area (Å²) in [5.74, 6) is -0.402. The molecule has 1 saturated heterocycles. The van der Waals surface area contributed by atoms with Crippen molar-refractivity contribution in [3.63, 3.8) is 0 Å². The summed E-state index contributed by atoms with van der Waals surface area (Å²) in [7, 11) is 0. The molecule has 5 heteroatoms. The number of hydrogen-bond donors (Lipinski definition) is 1. The molecular weight excluding hydrogens is 221 g/mol. The van der Waals surface area contributed by atoms with Gasteiger partial charge in [-0.3, -0.25) is 0 Å². The third-order valence-electron chi connectivity index (χ3n) is 2.74. The molecule has 2 rings (SSSR count). The first-order valence-corrected chi connectivity index (χ1v) is 5.43. The normalized spacial score (nSPS) is 18.8. The molecule has 2 amide bonds. The highest BCUT2D eigenvalue weighted by atomic mass is 19.1. The first-order valence-electron chi connectivity index (χ1n) is 5.43. The smallest absolute Gasteiger partial charge is 0.308 e. The molecule has 1 aromatic rings. The molecule has 0 spiro atoms. The zero-order valence-electron chi connectivity index (χ0n) is 9.19. The van der Waals surface area contributed by atoms with E-state index in [-0.39, 0.29) is 12.1 Å². The number of carbonyl (C=O) groups excluding carboxylic acids is 1. The van der Waals surface area contributed by atoms with Gasteiger partial charge in [-0.2, -0.15) is 5.26 Å². The van der Waals surface area contributed by atoms with Gasteiger partial charge in [-0.1, -0.05) is 6.07 Å². The molecule has 1 atom stereocenters. The van der Waals surface area contributed by atoms with Gasteiger partial charge in [0.15, 0.2) is 0 Å². The minimum absolute atomic E-state index is 0.348. The minimum Gasteiger partial charge on any atom is -0.308 e. The molecular formula is C12H12FN3O. The van der Waals surface area contributed by atoms with Crippen LogP contribution in [0.15, 0.2) is 24.3 Å². The number of rotatable bonds is 1. The molecule has 1 aliphatic heterocycles. The van der Waals surface area contributed by atoms with Crippen molar-refractivity contribution >= 4 is 11.7 Å². The largest absolute Gasteiger partial charge is 0.322 e. The van der Waals surface area contributed by atoms with Gasteiger partial charge in [-0.15, -0.1) is 0 Å². The quantitative estimate of drug-likeness (QED) is 0.809. The van der Waals surface area contributed by atoms with E-state index in [9.17, 15) is 9.18 Å². The van der Waals surface area contributed by atoms with E-state index in [1.807, 2.05) is 0 Å². The van der Waals surface area contributed by atoms with Crippen molar-refractivity contribution < 1.29 is 9.18 Å². The van der Waals surface area contributed by atoms with E-state index < -0.39 is 5.82 Å². The molecule has 1 aromatic carbocycles. The summed E-state index contributed by atoms with van der Waals surface area (Å²) in [5.41, 5.74) is 0.401. The topological polar surface area (TPSA) is 56.1 Å². The van der Waals surface area contributed by atoms with Gasteiger partial charge in [0.2, 0.25) is 0 Å². The van der Waals surface area contributed by atoms with E-state index in [0.717, 1.165) is 6.42 Å². The fourth-order valence-corrected chi connectivity index (χ4v) is 1.91. The van der Waals surface area contributed by atoms with Crippen LogP contribution in [0.3, 0.4) is 0 Å². The van der Waals surface area contributed by atoms with Crippen molar-refractivity contribution in [3.05, 3.63) is 30.1 Å². The van der Waals surface area contributed by atoms with Crippen LogP contribution in [0, 0.1) is 17.1 Å². The Morgan fingerprint density at radius 1 is 1.59 bits per heavy atom. The van der Waals surface area contributed by atoms with E-state index in [1.54, 1.807) is 6.07 Å². The summed E-state index contributed by atoms with van der Waals surface area (Å²) < 4.78 is 12.9. The molecule has 1 unspecified atom stereocenters. The highest BCUT2D eigenvalue weighted by Crippen LogP contribution is 2.18. The Labute approximate surface area is 98.6 Å². The van der Waals surface area contributed by atoms with Crippen LogP contribution in [0.1, 0.15) is 12.8 Å². The Balaban J connectivity index is 2.04. The highest BCUT2D eigenvalue weighted by molar-refractivity contribution is 5.89. The summed E-state index contributed by atoms with van der Waals surface area (Å²) in [6.45, 7) is 0.569. The number of urea groups is 1. The third kappa shape index (κ3) is 2.53. The first kappa shape index (κ1) is 11.4. The molecule has 1 N–H and O–H groups in total. The number of amides is 2. The van der Waals surface area contributed by atoms with E-state index in [1.165, 1.54) is 23.1 Å². The maximum Gasteiger partial charge on any atom is 0.322 e. The maximum atomic E-state index is 12.9. The molecule has 0 aromatic heterocycles. The average molecular weight is 233 g/mol. The zero-order chi connectivity index (χ0) is 12.3. The first-order chi connectivity index (χ1) is 8.20. The van der Waals surface area contributed by atoms with Crippen molar-refractivity contribution in [2.24, 2.45) is 0 Å². The van der Waals surface area contributed by atoms with Crippen molar-refractivity contribution in [1.29, 1.82) is 5.26 Å². The Morgan fingerprint density at radius 3 is 3.12 bits per heavy atom. The molecule has 0 aliphatic carbocycles. The summed E-state index contributed by atoms with van der Waals surface area (Å²) >= 11 is 0. The van der Waals surface area contributed by atoms with Crippen LogP contribution >= 0.6 is 0 Å². The molecule has 4 nitrogen and oxygen atoms in total. The molecule has 0 bridgehead atoms. The number of carbonyl (C=O) groups is 1. The molecule has 0 radical (unpaired) electrons. The number of hydrogen-bond acceptors (Lipinski definition) is 2. The minimum atomic E-state index is -0.402. The van der Waals surface area contributed by atoms with E-state index in [4.69, 9.17) is 5.26 Å². The second kappa shape index (κ2) is 4.83. The fraction of sp³-hybridized carbons (Fsp3) is 0.333. The molecule has 1 aliphatic rings.